The van der Waals surface area contributed by atoms with Crippen molar-refractivity contribution in [2.75, 3.05) is 0 Å². The van der Waals surface area contributed by atoms with Gasteiger partial charge in [0, 0.05) is 0 Å². The lowest BCUT2D eigenvalue weighted by Gasteiger charge is -2.61. The van der Waals surface area contributed by atoms with E-state index in [-0.39, 0.29) is 0 Å². The first-order chi connectivity index (χ1) is 28.7. The molecule has 0 saturated heterocycles. The maximum atomic E-state index is 2.82. The summed E-state index contributed by atoms with van der Waals surface area (Å²) in [4.78, 5) is 0. The second kappa shape index (κ2) is 18.9. The van der Waals surface area contributed by atoms with Crippen LogP contribution in [0.25, 0.3) is 0 Å². The Balaban J connectivity index is 0.750. The van der Waals surface area contributed by atoms with Gasteiger partial charge in [0.25, 0.3) is 0 Å². The highest BCUT2D eigenvalue weighted by Crippen LogP contribution is 2.70. The topological polar surface area (TPSA) is 0 Å². The molecule has 0 nitrogen and oxygen atoms in total. The van der Waals surface area contributed by atoms with Crippen molar-refractivity contribution in [1.82, 2.24) is 0 Å². The van der Waals surface area contributed by atoms with E-state index in [2.05, 4.69) is 81.4 Å². The van der Waals surface area contributed by atoms with Crippen molar-refractivity contribution in [1.29, 1.82) is 0 Å². The number of fused-ring (bicyclic) bond motifs is 10. The molecule has 8 rings (SSSR count). The van der Waals surface area contributed by atoms with Crippen molar-refractivity contribution in [3.05, 3.63) is 12.2 Å². The van der Waals surface area contributed by atoms with Crippen LogP contribution in [0, 0.1) is 116 Å². The Morgan fingerprint density at radius 2 is 0.800 bits per heavy atom. The molecule has 60 heavy (non-hydrogen) atoms. The van der Waals surface area contributed by atoms with Crippen molar-refractivity contribution in [2.45, 2.75) is 249 Å². The Hall–Kier alpha value is -0.260. The molecule has 0 radical (unpaired) electrons. The second-order valence-electron chi connectivity index (χ2n) is 27.3. The molecule has 0 aromatic carbocycles. The van der Waals surface area contributed by atoms with Crippen molar-refractivity contribution in [2.24, 2.45) is 116 Å². The van der Waals surface area contributed by atoms with E-state index in [4.69, 9.17) is 0 Å². The highest BCUT2D eigenvalue weighted by Gasteiger charge is 2.62. The third-order valence-electron chi connectivity index (χ3n) is 23.6. The van der Waals surface area contributed by atoms with Crippen LogP contribution in [0.1, 0.15) is 249 Å². The molecule has 8 aliphatic carbocycles. The molecular weight excluding hydrogens is 721 g/mol. The van der Waals surface area contributed by atoms with Gasteiger partial charge in [0.1, 0.15) is 0 Å². The van der Waals surface area contributed by atoms with Gasteiger partial charge in [-0.25, -0.2) is 0 Å². The molecule has 0 aromatic heterocycles. The fourth-order valence-electron chi connectivity index (χ4n) is 20.2. The van der Waals surface area contributed by atoms with Crippen molar-refractivity contribution in [3.63, 3.8) is 0 Å². The maximum Gasteiger partial charge on any atom is -0.0264 e. The van der Waals surface area contributed by atoms with E-state index < -0.39 is 0 Å². The number of allylic oxidation sites excluding steroid dienone is 2. The molecule has 8 fully saturated rings. The molecule has 0 heteroatoms. The third-order valence-corrected chi connectivity index (χ3v) is 23.6. The molecule has 8 aliphatic rings. The quantitative estimate of drug-likeness (QED) is 0.136. The first-order valence-corrected chi connectivity index (χ1v) is 28.3. The zero-order valence-electron chi connectivity index (χ0n) is 42.2. The van der Waals surface area contributed by atoms with Crippen LogP contribution in [0.3, 0.4) is 0 Å². The van der Waals surface area contributed by atoms with Crippen LogP contribution in [0.15, 0.2) is 12.2 Å². The van der Waals surface area contributed by atoms with E-state index in [1.165, 1.54) is 77.0 Å². The molecule has 18 unspecified atom stereocenters. The summed E-state index contributed by atoms with van der Waals surface area (Å²) in [7, 11) is 0. The van der Waals surface area contributed by atoms with Gasteiger partial charge in [0.2, 0.25) is 0 Å². The van der Waals surface area contributed by atoms with Crippen LogP contribution in [-0.4, -0.2) is 0 Å². The van der Waals surface area contributed by atoms with Gasteiger partial charge >= 0.3 is 0 Å². The monoisotopic (exact) mass is 825 g/mol. The van der Waals surface area contributed by atoms with Crippen LogP contribution in [0.5, 0.6) is 0 Å². The van der Waals surface area contributed by atoms with Crippen LogP contribution in [0.2, 0.25) is 0 Å². The first kappa shape index (κ1) is 46.3. The molecule has 0 aromatic rings. The van der Waals surface area contributed by atoms with Crippen LogP contribution >= 0.6 is 0 Å². The van der Waals surface area contributed by atoms with Gasteiger partial charge in [0.05, 0.1) is 0 Å². The minimum absolute atomic E-state index is 0.644. The standard InChI is InChI=1S/C60H104/c1-41(2)17-15-19-43(5)51-27-29-53-49-25-23-47-39-45(31-35-57(47,7)55(49)33-37-59(51,53)9)21-13-11-12-14-22-46-32-36-58(8)48(40-46)24-26-50-54-30-28-52(44(6)20-16-18-42(3)4)60(54,10)38-34-56(50)58/h11-12,41-56H,13-40H2,1-10H3/b12-11+. The van der Waals surface area contributed by atoms with E-state index in [0.29, 0.717) is 21.7 Å². The second-order valence-corrected chi connectivity index (χ2v) is 27.3. The summed E-state index contributed by atoms with van der Waals surface area (Å²) >= 11 is 0. The van der Waals surface area contributed by atoms with Crippen molar-refractivity contribution >= 4 is 0 Å². The Morgan fingerprint density at radius 3 is 1.20 bits per heavy atom. The highest BCUT2D eigenvalue weighted by atomic mass is 14.7. The molecule has 0 bridgehead atoms. The molecular formula is C60H104. The Bertz CT molecular complexity index is 1300. The van der Waals surface area contributed by atoms with Gasteiger partial charge in [-0.2, -0.15) is 0 Å². The molecule has 0 heterocycles. The van der Waals surface area contributed by atoms with Gasteiger partial charge in [-0.1, -0.05) is 120 Å². The molecule has 0 aliphatic heterocycles. The van der Waals surface area contributed by atoms with Gasteiger partial charge < -0.3 is 0 Å². The maximum absolute atomic E-state index is 2.82. The molecule has 8 saturated carbocycles. The number of hydrogen-bond acceptors (Lipinski definition) is 0. The highest BCUT2D eigenvalue weighted by molar-refractivity contribution is 5.11. The van der Waals surface area contributed by atoms with E-state index in [9.17, 15) is 0 Å². The summed E-state index contributed by atoms with van der Waals surface area (Å²) in [6.07, 6.45) is 47.7. The predicted octanol–water partition coefficient (Wildman–Crippen LogP) is 18.6. The summed E-state index contributed by atoms with van der Waals surface area (Å²) in [5.41, 5.74) is 2.58. The lowest BCUT2D eigenvalue weighted by atomic mass is 9.44. The Labute approximate surface area is 376 Å². The predicted molar refractivity (Wildman–Crippen MR) is 261 cm³/mol. The fraction of sp³-hybridized carbons (Fsp3) is 0.967. The fourth-order valence-corrected chi connectivity index (χ4v) is 20.2. The van der Waals surface area contributed by atoms with E-state index >= 15 is 0 Å². The molecule has 0 N–H and O–H groups in total. The minimum Gasteiger partial charge on any atom is -0.0885 e. The summed E-state index contributed by atoms with van der Waals surface area (Å²) in [6.45, 7) is 26.2. The zero-order chi connectivity index (χ0) is 42.5. The molecule has 18 atom stereocenters. The minimum atomic E-state index is 0.644. The van der Waals surface area contributed by atoms with E-state index in [1.807, 2.05) is 0 Å². The normalized spacial score (nSPS) is 47.3. The third kappa shape index (κ3) is 8.87. The van der Waals surface area contributed by atoms with Crippen molar-refractivity contribution < 1.29 is 0 Å². The van der Waals surface area contributed by atoms with E-state index in [1.54, 1.807) is 103 Å². The average molecular weight is 825 g/mol. The molecule has 344 valence electrons. The van der Waals surface area contributed by atoms with Crippen LogP contribution in [0.4, 0.5) is 0 Å². The molecule has 0 amide bonds. The van der Waals surface area contributed by atoms with Crippen LogP contribution < -0.4 is 0 Å². The van der Waals surface area contributed by atoms with Crippen molar-refractivity contribution in [3.8, 4) is 0 Å². The lowest BCUT2D eigenvalue weighted by Crippen LogP contribution is -2.53. The summed E-state index contributed by atoms with van der Waals surface area (Å²) in [5, 5.41) is 0. The first-order valence-electron chi connectivity index (χ1n) is 28.3. The zero-order valence-corrected chi connectivity index (χ0v) is 42.2. The van der Waals surface area contributed by atoms with E-state index in [0.717, 1.165) is 94.7 Å². The SMILES string of the molecule is CC(C)CCCC(C)C1CCC2C3CCC4CC(CC/C=C/CCC5CCC6(C)C(CCC7C6CCC6(C)C(C(C)CCCC(C)C)CCC76)C5)CCC4(C)C3CCC12C. The summed E-state index contributed by atoms with van der Waals surface area (Å²) in [5.74, 6) is 15.9. The number of hydrogen-bond donors (Lipinski definition) is 0. The Kier molecular flexibility index (Phi) is 14.6. The summed E-state index contributed by atoms with van der Waals surface area (Å²) < 4.78 is 0. The van der Waals surface area contributed by atoms with Crippen LogP contribution in [-0.2, 0) is 0 Å². The van der Waals surface area contributed by atoms with Gasteiger partial charge in [-0.15, -0.1) is 0 Å². The molecule has 0 spiro atoms. The lowest BCUT2D eigenvalue weighted by molar-refractivity contribution is -0.121. The number of rotatable bonds is 16. The summed E-state index contributed by atoms with van der Waals surface area (Å²) in [6, 6.07) is 0. The Morgan fingerprint density at radius 1 is 0.417 bits per heavy atom. The smallest absolute Gasteiger partial charge is 0.0264 e. The van der Waals surface area contributed by atoms with Gasteiger partial charge in [-0.05, 0) is 258 Å². The van der Waals surface area contributed by atoms with Gasteiger partial charge in [-0.3, -0.25) is 0 Å². The van der Waals surface area contributed by atoms with Gasteiger partial charge in [0.15, 0.2) is 0 Å². The largest absolute Gasteiger partial charge is 0.0885 e. The average Bonchev–Trinajstić information content (AvgIpc) is 3.76.